The number of aromatic hydroxyl groups is 1. The second-order valence-electron chi connectivity index (χ2n) is 5.56. The summed E-state index contributed by atoms with van der Waals surface area (Å²) in [6, 6.07) is 6.49. The summed E-state index contributed by atoms with van der Waals surface area (Å²) >= 11 is 0. The number of sulfonamides is 1. The van der Waals surface area contributed by atoms with Gasteiger partial charge in [0, 0.05) is 19.1 Å². The average Bonchev–Trinajstić information content (AvgIpc) is 2.86. The lowest BCUT2D eigenvalue weighted by Crippen LogP contribution is -2.33. The molecule has 1 heterocycles. The fraction of sp³-hybridized carbons (Fsp3) is 0.571. The van der Waals surface area contributed by atoms with Crippen molar-refractivity contribution in [3.05, 3.63) is 24.3 Å². The summed E-state index contributed by atoms with van der Waals surface area (Å²) in [5.41, 5.74) is 0. The van der Waals surface area contributed by atoms with E-state index in [-0.39, 0.29) is 10.6 Å². The van der Waals surface area contributed by atoms with Gasteiger partial charge in [-0.25, -0.2) is 13.1 Å². The molecule has 5 nitrogen and oxygen atoms in total. The first-order chi connectivity index (χ1) is 9.40. The van der Waals surface area contributed by atoms with Gasteiger partial charge in [-0.3, -0.25) is 0 Å². The minimum absolute atomic E-state index is 0.0567. The van der Waals surface area contributed by atoms with Crippen LogP contribution < -0.4 is 4.72 Å². The van der Waals surface area contributed by atoms with Crippen LogP contribution in [0.5, 0.6) is 5.75 Å². The molecule has 0 radical (unpaired) electrons. The second-order valence-corrected chi connectivity index (χ2v) is 7.30. The van der Waals surface area contributed by atoms with Gasteiger partial charge in [0.05, 0.1) is 0 Å². The van der Waals surface area contributed by atoms with E-state index in [1.807, 2.05) is 0 Å². The molecule has 1 fully saturated rings. The van der Waals surface area contributed by atoms with E-state index in [2.05, 4.69) is 23.5 Å². The Morgan fingerprint density at radius 2 is 2.10 bits per heavy atom. The number of phenols is 1. The van der Waals surface area contributed by atoms with Crippen LogP contribution in [0.1, 0.15) is 20.3 Å². The minimum atomic E-state index is -3.63. The van der Waals surface area contributed by atoms with E-state index in [0.29, 0.717) is 18.5 Å². The van der Waals surface area contributed by atoms with E-state index < -0.39 is 10.0 Å². The zero-order valence-corrected chi connectivity index (χ0v) is 12.7. The number of rotatable bonds is 5. The monoisotopic (exact) mass is 298 g/mol. The molecule has 1 aromatic carbocycles. The highest BCUT2D eigenvalue weighted by molar-refractivity contribution is 7.89. The number of phenolic OH excluding ortho intramolecular Hbond substituents is 1. The predicted octanol–water partition coefficient (Wildman–Crippen LogP) is 1.40. The van der Waals surface area contributed by atoms with Crippen LogP contribution in [0.15, 0.2) is 29.2 Å². The van der Waals surface area contributed by atoms with Crippen LogP contribution in [0.4, 0.5) is 0 Å². The van der Waals surface area contributed by atoms with Gasteiger partial charge >= 0.3 is 0 Å². The van der Waals surface area contributed by atoms with Crippen molar-refractivity contribution in [2.75, 3.05) is 19.6 Å². The Kier molecular flexibility index (Phi) is 4.67. The molecule has 1 aromatic rings. The summed E-state index contributed by atoms with van der Waals surface area (Å²) in [7, 11) is -3.63. The van der Waals surface area contributed by atoms with E-state index in [1.54, 1.807) is 12.1 Å². The molecule has 1 aliphatic heterocycles. The number of nitrogens with one attached hydrogen (secondary N) is 1. The predicted molar refractivity (Wildman–Crippen MR) is 78.1 cm³/mol. The van der Waals surface area contributed by atoms with Gasteiger partial charge in [-0.1, -0.05) is 12.1 Å². The Bertz CT molecular complexity index is 557. The molecule has 2 N–H and O–H groups in total. The maximum atomic E-state index is 12.1. The molecule has 1 saturated heterocycles. The Morgan fingerprint density at radius 3 is 2.70 bits per heavy atom. The summed E-state index contributed by atoms with van der Waals surface area (Å²) < 4.78 is 26.9. The van der Waals surface area contributed by atoms with E-state index in [1.165, 1.54) is 12.1 Å². The third kappa shape index (κ3) is 3.50. The van der Waals surface area contributed by atoms with Crippen LogP contribution >= 0.6 is 0 Å². The molecule has 0 bridgehead atoms. The lowest BCUT2D eigenvalue weighted by molar-refractivity contribution is 0.265. The average molecular weight is 298 g/mol. The second kappa shape index (κ2) is 6.11. The molecule has 2 rings (SSSR count). The standard InChI is InChI=1S/C14H22N2O3S/c1-11(2)16-8-7-12(10-16)9-15-20(18,19)14-6-4-3-5-13(14)17/h3-6,11-12,15,17H,7-10H2,1-2H3. The quantitative estimate of drug-likeness (QED) is 0.862. The van der Waals surface area contributed by atoms with E-state index in [4.69, 9.17) is 0 Å². The van der Waals surface area contributed by atoms with Crippen LogP contribution in [0.2, 0.25) is 0 Å². The molecule has 20 heavy (non-hydrogen) atoms. The highest BCUT2D eigenvalue weighted by Crippen LogP contribution is 2.22. The van der Waals surface area contributed by atoms with Crippen molar-refractivity contribution >= 4 is 10.0 Å². The molecule has 0 aliphatic carbocycles. The molecule has 6 heteroatoms. The van der Waals surface area contributed by atoms with Crippen molar-refractivity contribution in [3.63, 3.8) is 0 Å². The topological polar surface area (TPSA) is 69.6 Å². The number of likely N-dealkylation sites (tertiary alicyclic amines) is 1. The molecule has 1 atom stereocenters. The SMILES string of the molecule is CC(C)N1CCC(CNS(=O)(=O)c2ccccc2O)C1. The van der Waals surface area contributed by atoms with Gasteiger partial charge in [-0.05, 0) is 44.9 Å². The van der Waals surface area contributed by atoms with Crippen LogP contribution in [-0.4, -0.2) is 44.1 Å². The van der Waals surface area contributed by atoms with Crippen molar-refractivity contribution in [2.24, 2.45) is 5.92 Å². The Balaban J connectivity index is 1.96. The highest BCUT2D eigenvalue weighted by Gasteiger charge is 2.26. The Morgan fingerprint density at radius 1 is 1.40 bits per heavy atom. The molecule has 0 spiro atoms. The maximum absolute atomic E-state index is 12.1. The van der Waals surface area contributed by atoms with Gasteiger partial charge in [-0.15, -0.1) is 0 Å². The van der Waals surface area contributed by atoms with Crippen LogP contribution in [0.3, 0.4) is 0 Å². The lowest BCUT2D eigenvalue weighted by Gasteiger charge is -2.20. The van der Waals surface area contributed by atoms with Gasteiger partial charge in [0.15, 0.2) is 0 Å². The number of hydrogen-bond donors (Lipinski definition) is 2. The molecular formula is C14H22N2O3S. The van der Waals surface area contributed by atoms with Crippen LogP contribution in [0, 0.1) is 5.92 Å². The highest BCUT2D eigenvalue weighted by atomic mass is 32.2. The smallest absolute Gasteiger partial charge is 0.244 e. The van der Waals surface area contributed by atoms with Crippen molar-refractivity contribution < 1.29 is 13.5 Å². The van der Waals surface area contributed by atoms with E-state index in [0.717, 1.165) is 19.5 Å². The van der Waals surface area contributed by atoms with Gasteiger partial charge in [0.1, 0.15) is 10.6 Å². The number of nitrogens with zero attached hydrogens (tertiary/aromatic N) is 1. The van der Waals surface area contributed by atoms with Crippen molar-refractivity contribution in [1.29, 1.82) is 0 Å². The number of para-hydroxylation sites is 1. The summed E-state index contributed by atoms with van der Waals surface area (Å²) in [6.45, 7) is 6.64. The Hall–Kier alpha value is -1.11. The van der Waals surface area contributed by atoms with Gasteiger partial charge in [0.25, 0.3) is 0 Å². The molecule has 0 amide bonds. The van der Waals surface area contributed by atoms with Gasteiger partial charge < -0.3 is 10.0 Å². The van der Waals surface area contributed by atoms with Crippen molar-refractivity contribution in [2.45, 2.75) is 31.2 Å². The summed E-state index contributed by atoms with van der Waals surface area (Å²) in [5.74, 6) is 0.119. The maximum Gasteiger partial charge on any atom is 0.244 e. The fourth-order valence-electron chi connectivity index (χ4n) is 2.49. The van der Waals surface area contributed by atoms with Crippen LogP contribution in [-0.2, 0) is 10.0 Å². The molecule has 0 saturated carbocycles. The van der Waals surface area contributed by atoms with E-state index in [9.17, 15) is 13.5 Å². The Labute approximate surface area is 120 Å². The third-order valence-electron chi connectivity index (χ3n) is 3.76. The normalized spacial score (nSPS) is 20.6. The number of hydrogen-bond acceptors (Lipinski definition) is 4. The third-order valence-corrected chi connectivity index (χ3v) is 5.24. The zero-order chi connectivity index (χ0) is 14.8. The largest absolute Gasteiger partial charge is 0.507 e. The minimum Gasteiger partial charge on any atom is -0.507 e. The molecule has 0 aromatic heterocycles. The first-order valence-corrected chi connectivity index (χ1v) is 8.40. The van der Waals surface area contributed by atoms with Crippen molar-refractivity contribution in [1.82, 2.24) is 9.62 Å². The molecule has 1 aliphatic rings. The summed E-state index contributed by atoms with van der Waals surface area (Å²) in [5, 5.41) is 9.63. The fourth-order valence-corrected chi connectivity index (χ4v) is 3.70. The van der Waals surface area contributed by atoms with E-state index >= 15 is 0 Å². The first-order valence-electron chi connectivity index (χ1n) is 6.92. The summed E-state index contributed by atoms with van der Waals surface area (Å²) in [4.78, 5) is 2.29. The molecule has 1 unspecified atom stereocenters. The zero-order valence-electron chi connectivity index (χ0n) is 11.9. The van der Waals surface area contributed by atoms with Crippen LogP contribution in [0.25, 0.3) is 0 Å². The van der Waals surface area contributed by atoms with Gasteiger partial charge in [-0.2, -0.15) is 0 Å². The number of benzene rings is 1. The first kappa shape index (κ1) is 15.3. The van der Waals surface area contributed by atoms with Crippen molar-refractivity contribution in [3.8, 4) is 5.75 Å². The molecule has 112 valence electrons. The van der Waals surface area contributed by atoms with Gasteiger partial charge in [0.2, 0.25) is 10.0 Å². The molecular weight excluding hydrogens is 276 g/mol. The summed E-state index contributed by atoms with van der Waals surface area (Å²) in [6.07, 6.45) is 1.00. The lowest BCUT2D eigenvalue weighted by atomic mass is 10.1.